The van der Waals surface area contributed by atoms with Crippen molar-refractivity contribution >= 4 is 23.2 Å². The van der Waals surface area contributed by atoms with E-state index < -0.39 is 0 Å². The number of amides is 1. The van der Waals surface area contributed by atoms with Crippen LogP contribution in [0.4, 0.5) is 17.3 Å². The maximum absolute atomic E-state index is 12.4. The summed E-state index contributed by atoms with van der Waals surface area (Å²) in [6, 6.07) is 12.5. The Balaban J connectivity index is 1.67. The zero-order valence-electron chi connectivity index (χ0n) is 16.4. The van der Waals surface area contributed by atoms with Gasteiger partial charge in [-0.2, -0.15) is 0 Å². The second-order valence-corrected chi connectivity index (χ2v) is 5.90. The van der Waals surface area contributed by atoms with E-state index in [1.165, 1.54) is 12.4 Å². The largest absolute Gasteiger partial charge is 0.497 e. The monoisotopic (exact) mass is 394 g/mol. The quantitative estimate of drug-likeness (QED) is 0.598. The molecule has 2 aromatic carbocycles. The zero-order chi connectivity index (χ0) is 20.6. The van der Waals surface area contributed by atoms with Crippen LogP contribution in [0.15, 0.2) is 54.9 Å². The standard InChI is InChI=1S/C21H22N4O4/c1-4-29-16-7-5-15(6-8-16)24-20(26)14-12-22-21(23-13-14)25-18-11-17(27-2)9-10-19(18)28-3/h5-13H,4H2,1-3H3,(H,24,26)(H,22,23,25). The third kappa shape index (κ3) is 5.13. The molecule has 8 heteroatoms. The summed E-state index contributed by atoms with van der Waals surface area (Å²) in [5.41, 5.74) is 1.64. The second-order valence-electron chi connectivity index (χ2n) is 5.90. The van der Waals surface area contributed by atoms with Gasteiger partial charge in [-0.15, -0.1) is 0 Å². The van der Waals surface area contributed by atoms with Crippen molar-refractivity contribution in [1.82, 2.24) is 9.97 Å². The van der Waals surface area contributed by atoms with Crippen molar-refractivity contribution in [2.24, 2.45) is 0 Å². The number of anilines is 3. The molecule has 150 valence electrons. The van der Waals surface area contributed by atoms with E-state index in [0.717, 1.165) is 5.75 Å². The molecule has 0 spiro atoms. The zero-order valence-corrected chi connectivity index (χ0v) is 16.4. The van der Waals surface area contributed by atoms with Crippen molar-refractivity contribution in [3.63, 3.8) is 0 Å². The minimum absolute atomic E-state index is 0.306. The molecule has 2 N–H and O–H groups in total. The van der Waals surface area contributed by atoms with E-state index in [1.807, 2.05) is 6.92 Å². The summed E-state index contributed by atoms with van der Waals surface area (Å²) in [5.74, 6) is 2.05. The molecule has 0 saturated carbocycles. The molecule has 0 unspecified atom stereocenters. The lowest BCUT2D eigenvalue weighted by molar-refractivity contribution is 0.102. The van der Waals surface area contributed by atoms with Gasteiger partial charge in [0.1, 0.15) is 17.2 Å². The average Bonchev–Trinajstić information content (AvgIpc) is 2.75. The van der Waals surface area contributed by atoms with Gasteiger partial charge in [-0.1, -0.05) is 0 Å². The van der Waals surface area contributed by atoms with Gasteiger partial charge in [0.05, 0.1) is 32.1 Å². The van der Waals surface area contributed by atoms with Gasteiger partial charge >= 0.3 is 0 Å². The summed E-state index contributed by atoms with van der Waals surface area (Å²) in [6.07, 6.45) is 2.90. The van der Waals surface area contributed by atoms with Crippen molar-refractivity contribution in [3.8, 4) is 17.2 Å². The van der Waals surface area contributed by atoms with Crippen LogP contribution in [-0.4, -0.2) is 36.7 Å². The number of rotatable bonds is 8. The molecule has 1 heterocycles. The van der Waals surface area contributed by atoms with Crippen LogP contribution in [0.2, 0.25) is 0 Å². The highest BCUT2D eigenvalue weighted by Gasteiger charge is 2.10. The van der Waals surface area contributed by atoms with Crippen LogP contribution in [0.5, 0.6) is 17.2 Å². The third-order valence-corrected chi connectivity index (χ3v) is 3.99. The predicted octanol–water partition coefficient (Wildman–Crippen LogP) is 3.89. The van der Waals surface area contributed by atoms with Crippen LogP contribution in [0.3, 0.4) is 0 Å². The van der Waals surface area contributed by atoms with Crippen LogP contribution >= 0.6 is 0 Å². The van der Waals surface area contributed by atoms with Crippen LogP contribution in [-0.2, 0) is 0 Å². The summed E-state index contributed by atoms with van der Waals surface area (Å²) in [4.78, 5) is 20.8. The highest BCUT2D eigenvalue weighted by atomic mass is 16.5. The molecule has 0 aliphatic rings. The van der Waals surface area contributed by atoms with Gasteiger partial charge in [-0.05, 0) is 43.3 Å². The molecule has 0 bridgehead atoms. The number of carbonyl (C=O) groups is 1. The van der Waals surface area contributed by atoms with Crippen LogP contribution in [0.25, 0.3) is 0 Å². The third-order valence-electron chi connectivity index (χ3n) is 3.99. The highest BCUT2D eigenvalue weighted by Crippen LogP contribution is 2.30. The molecule has 0 atom stereocenters. The Kier molecular flexibility index (Phi) is 6.47. The van der Waals surface area contributed by atoms with Gasteiger partial charge in [0, 0.05) is 24.1 Å². The smallest absolute Gasteiger partial charge is 0.258 e. The molecular weight excluding hydrogens is 372 g/mol. The van der Waals surface area contributed by atoms with Crippen molar-refractivity contribution in [2.75, 3.05) is 31.5 Å². The van der Waals surface area contributed by atoms with E-state index in [1.54, 1.807) is 56.7 Å². The lowest BCUT2D eigenvalue weighted by atomic mass is 10.2. The van der Waals surface area contributed by atoms with Crippen molar-refractivity contribution in [2.45, 2.75) is 6.92 Å². The normalized spacial score (nSPS) is 10.2. The van der Waals surface area contributed by atoms with Crippen molar-refractivity contribution in [3.05, 3.63) is 60.4 Å². The first-order chi connectivity index (χ1) is 14.1. The lowest BCUT2D eigenvalue weighted by Gasteiger charge is -2.12. The Morgan fingerprint density at radius 3 is 2.28 bits per heavy atom. The molecule has 0 fully saturated rings. The molecule has 0 saturated heterocycles. The molecule has 8 nitrogen and oxygen atoms in total. The molecule has 29 heavy (non-hydrogen) atoms. The molecule has 1 aromatic heterocycles. The maximum atomic E-state index is 12.4. The Bertz CT molecular complexity index is 959. The molecule has 3 aromatic rings. The average molecular weight is 394 g/mol. The molecular formula is C21H22N4O4. The fourth-order valence-corrected chi connectivity index (χ4v) is 2.55. The lowest BCUT2D eigenvalue weighted by Crippen LogP contribution is -2.13. The van der Waals surface area contributed by atoms with E-state index in [4.69, 9.17) is 14.2 Å². The Morgan fingerprint density at radius 1 is 0.966 bits per heavy atom. The summed E-state index contributed by atoms with van der Waals surface area (Å²) >= 11 is 0. The van der Waals surface area contributed by atoms with Crippen molar-refractivity contribution < 1.29 is 19.0 Å². The topological polar surface area (TPSA) is 94.6 Å². The molecule has 3 rings (SSSR count). The van der Waals surface area contributed by atoms with Gasteiger partial charge in [0.25, 0.3) is 5.91 Å². The van der Waals surface area contributed by atoms with E-state index in [0.29, 0.717) is 41.0 Å². The van der Waals surface area contributed by atoms with Crippen LogP contribution in [0, 0.1) is 0 Å². The first-order valence-electron chi connectivity index (χ1n) is 8.98. The number of nitrogens with one attached hydrogen (secondary N) is 2. The summed E-state index contributed by atoms with van der Waals surface area (Å²) in [6.45, 7) is 2.50. The SMILES string of the molecule is CCOc1ccc(NC(=O)c2cnc(Nc3cc(OC)ccc3OC)nc2)cc1. The Hall–Kier alpha value is -3.81. The number of carbonyl (C=O) groups excluding carboxylic acids is 1. The van der Waals surface area contributed by atoms with Gasteiger partial charge < -0.3 is 24.8 Å². The first-order valence-corrected chi connectivity index (χ1v) is 8.98. The maximum Gasteiger partial charge on any atom is 0.258 e. The number of nitrogens with zero attached hydrogens (tertiary/aromatic N) is 2. The number of aromatic nitrogens is 2. The number of hydrogen-bond acceptors (Lipinski definition) is 7. The molecule has 0 aliphatic heterocycles. The molecule has 0 aliphatic carbocycles. The summed E-state index contributed by atoms with van der Waals surface area (Å²) in [5, 5.41) is 5.86. The number of methoxy groups -OCH3 is 2. The number of ether oxygens (including phenoxy) is 3. The van der Waals surface area contributed by atoms with Crippen LogP contribution in [0.1, 0.15) is 17.3 Å². The second kappa shape index (κ2) is 9.41. The highest BCUT2D eigenvalue weighted by molar-refractivity contribution is 6.03. The fraction of sp³-hybridized carbons (Fsp3) is 0.190. The first kappa shape index (κ1) is 19.9. The predicted molar refractivity (Wildman–Crippen MR) is 110 cm³/mol. The number of hydrogen-bond donors (Lipinski definition) is 2. The Morgan fingerprint density at radius 2 is 1.66 bits per heavy atom. The molecule has 0 radical (unpaired) electrons. The van der Waals surface area contributed by atoms with Crippen LogP contribution < -0.4 is 24.8 Å². The van der Waals surface area contributed by atoms with E-state index in [-0.39, 0.29) is 5.91 Å². The minimum atomic E-state index is -0.306. The van der Waals surface area contributed by atoms with E-state index >= 15 is 0 Å². The Labute approximate surface area is 168 Å². The van der Waals surface area contributed by atoms with E-state index in [2.05, 4.69) is 20.6 Å². The fourth-order valence-electron chi connectivity index (χ4n) is 2.55. The molecule has 1 amide bonds. The summed E-state index contributed by atoms with van der Waals surface area (Å²) in [7, 11) is 3.15. The van der Waals surface area contributed by atoms with E-state index in [9.17, 15) is 4.79 Å². The van der Waals surface area contributed by atoms with Gasteiger partial charge in [0.2, 0.25) is 5.95 Å². The minimum Gasteiger partial charge on any atom is -0.497 e. The number of benzene rings is 2. The summed E-state index contributed by atoms with van der Waals surface area (Å²) < 4.78 is 15.9. The van der Waals surface area contributed by atoms with Crippen molar-refractivity contribution in [1.29, 1.82) is 0 Å². The van der Waals surface area contributed by atoms with Gasteiger partial charge in [0.15, 0.2) is 0 Å². The van der Waals surface area contributed by atoms with Gasteiger partial charge in [-0.3, -0.25) is 4.79 Å². The van der Waals surface area contributed by atoms with Gasteiger partial charge in [-0.25, -0.2) is 9.97 Å².